The Balaban J connectivity index is 2.57. The summed E-state index contributed by atoms with van der Waals surface area (Å²) in [6.07, 6.45) is 4.55. The molecule has 0 bridgehead atoms. The van der Waals surface area contributed by atoms with Crippen molar-refractivity contribution in [3.63, 3.8) is 0 Å². The van der Waals surface area contributed by atoms with Gasteiger partial charge >= 0.3 is 0 Å². The molecule has 1 heteroatoms. The summed E-state index contributed by atoms with van der Waals surface area (Å²) in [6, 6.07) is 0. The lowest BCUT2D eigenvalue weighted by atomic mass is 9.80. The number of hydrogen-bond donors (Lipinski definition) is 0. The Morgan fingerprint density at radius 1 is 1.78 bits per heavy atom. The van der Waals surface area contributed by atoms with Crippen molar-refractivity contribution >= 4 is 7.85 Å². The van der Waals surface area contributed by atoms with E-state index in [0.717, 1.165) is 11.4 Å². The molecule has 0 N–H and O–H groups in total. The van der Waals surface area contributed by atoms with Crippen LogP contribution < -0.4 is 0 Å². The summed E-state index contributed by atoms with van der Waals surface area (Å²) in [5.74, 6) is 1.46. The van der Waals surface area contributed by atoms with Gasteiger partial charge in [-0.2, -0.15) is 0 Å². The lowest BCUT2D eigenvalue weighted by Crippen LogP contribution is -2.06. The summed E-state index contributed by atoms with van der Waals surface area (Å²) in [4.78, 5) is 0. The van der Waals surface area contributed by atoms with Crippen LogP contribution in [0.15, 0.2) is 11.5 Å². The van der Waals surface area contributed by atoms with E-state index in [2.05, 4.69) is 19.9 Å². The van der Waals surface area contributed by atoms with Crippen molar-refractivity contribution in [1.29, 1.82) is 0 Å². The minimum absolute atomic E-state index is 0.671. The molecule has 0 fully saturated rings. The van der Waals surface area contributed by atoms with Crippen LogP contribution in [-0.2, 0) is 0 Å². The van der Waals surface area contributed by atoms with Crippen molar-refractivity contribution in [3.8, 4) is 0 Å². The molecule has 0 saturated carbocycles. The third-order valence-corrected chi connectivity index (χ3v) is 2.28. The van der Waals surface area contributed by atoms with Crippen molar-refractivity contribution in [2.45, 2.75) is 26.7 Å². The molecule has 0 aliphatic heterocycles. The number of hydrogen-bond acceptors (Lipinski definition) is 0. The molecule has 0 aromatic rings. The zero-order valence-corrected chi connectivity index (χ0v) is 6.22. The minimum Gasteiger partial charge on any atom is -0.118 e. The fourth-order valence-corrected chi connectivity index (χ4v) is 1.60. The molecule has 1 aliphatic carbocycles. The molecular weight excluding hydrogens is 107 g/mol. The maximum Gasteiger partial charge on any atom is 0.107 e. The van der Waals surface area contributed by atoms with Crippen LogP contribution in [0.25, 0.3) is 0 Å². The van der Waals surface area contributed by atoms with E-state index < -0.39 is 0 Å². The summed E-state index contributed by atoms with van der Waals surface area (Å²) < 4.78 is 0. The van der Waals surface area contributed by atoms with Crippen LogP contribution in [0.3, 0.4) is 0 Å². The van der Waals surface area contributed by atoms with Gasteiger partial charge in [-0.05, 0) is 18.3 Å². The Morgan fingerprint density at radius 2 is 2.44 bits per heavy atom. The zero-order valence-electron chi connectivity index (χ0n) is 6.22. The van der Waals surface area contributed by atoms with Crippen LogP contribution >= 0.6 is 0 Å². The molecule has 0 amide bonds. The summed E-state index contributed by atoms with van der Waals surface area (Å²) in [5, 5.41) is 0. The largest absolute Gasteiger partial charge is 0.118 e. The van der Waals surface area contributed by atoms with E-state index in [9.17, 15) is 0 Å². The van der Waals surface area contributed by atoms with Gasteiger partial charge in [-0.1, -0.05) is 26.3 Å². The van der Waals surface area contributed by atoms with Gasteiger partial charge in [-0.25, -0.2) is 0 Å². The van der Waals surface area contributed by atoms with E-state index >= 15 is 0 Å². The maximum atomic E-state index is 5.74. The molecule has 9 heavy (non-hydrogen) atoms. The molecule has 0 unspecified atom stereocenters. The van der Waals surface area contributed by atoms with Crippen LogP contribution in [0.4, 0.5) is 0 Å². The van der Waals surface area contributed by atoms with Crippen molar-refractivity contribution in [2.75, 3.05) is 0 Å². The molecule has 0 aromatic carbocycles. The number of allylic oxidation sites excluding steroid dienone is 2. The first-order chi connectivity index (χ1) is 4.25. The average Bonchev–Trinajstić information content (AvgIpc) is 2.12. The van der Waals surface area contributed by atoms with E-state index in [0.29, 0.717) is 5.92 Å². The highest BCUT2D eigenvalue weighted by atomic mass is 14.2. The van der Waals surface area contributed by atoms with Gasteiger partial charge in [-0.3, -0.25) is 0 Å². The molecule has 2 radical (unpaired) electrons. The summed E-state index contributed by atoms with van der Waals surface area (Å²) >= 11 is 0. The minimum atomic E-state index is 0.671. The normalized spacial score (nSPS) is 34.7. The van der Waals surface area contributed by atoms with Gasteiger partial charge in [0.05, 0.1) is 0 Å². The van der Waals surface area contributed by atoms with Crippen molar-refractivity contribution in [1.82, 2.24) is 0 Å². The molecule has 0 nitrogen and oxygen atoms in total. The van der Waals surface area contributed by atoms with Crippen molar-refractivity contribution in [2.24, 2.45) is 11.8 Å². The molecule has 0 heterocycles. The van der Waals surface area contributed by atoms with E-state index in [1.165, 1.54) is 12.8 Å². The van der Waals surface area contributed by atoms with Gasteiger partial charge in [0.2, 0.25) is 0 Å². The van der Waals surface area contributed by atoms with E-state index in [4.69, 9.17) is 7.85 Å². The summed E-state index contributed by atoms with van der Waals surface area (Å²) in [5.41, 5.74) is 1.12. The van der Waals surface area contributed by atoms with Crippen LogP contribution in [0.1, 0.15) is 26.7 Å². The Hall–Kier alpha value is -0.195. The summed E-state index contributed by atoms with van der Waals surface area (Å²) in [7, 11) is 5.74. The first kappa shape index (κ1) is 6.92. The smallest absolute Gasteiger partial charge is 0.107 e. The lowest BCUT2D eigenvalue weighted by molar-refractivity contribution is 0.445. The predicted octanol–water partition coefficient (Wildman–Crippen LogP) is 2.10. The van der Waals surface area contributed by atoms with E-state index in [-0.39, 0.29) is 0 Å². The highest BCUT2D eigenvalue weighted by Gasteiger charge is 2.20. The maximum absolute atomic E-state index is 5.74. The highest BCUT2D eigenvalue weighted by Crippen LogP contribution is 2.31. The van der Waals surface area contributed by atoms with Gasteiger partial charge in [0, 0.05) is 0 Å². The molecule has 48 valence electrons. The average molecular weight is 120 g/mol. The lowest BCUT2D eigenvalue weighted by Gasteiger charge is -2.14. The molecule has 0 saturated heterocycles. The quantitative estimate of drug-likeness (QED) is 0.465. The fourth-order valence-electron chi connectivity index (χ4n) is 1.60. The zero-order chi connectivity index (χ0) is 6.85. The molecule has 0 aromatic heterocycles. The van der Waals surface area contributed by atoms with Crippen LogP contribution in [0.2, 0.25) is 0 Å². The SMILES string of the molecule is [B]C1=CC[C@@H](C)[C@H]1CC. The standard InChI is InChI=1S/C8H13B/c1-3-7-6(2)4-5-8(7)9/h5-7H,3-4H2,1-2H3/t6-,7-/m1/s1. The van der Waals surface area contributed by atoms with Gasteiger partial charge < -0.3 is 0 Å². The third-order valence-electron chi connectivity index (χ3n) is 2.28. The molecule has 1 aliphatic rings. The monoisotopic (exact) mass is 120 g/mol. The Bertz CT molecular complexity index is 127. The topological polar surface area (TPSA) is 0 Å². The van der Waals surface area contributed by atoms with Crippen molar-refractivity contribution in [3.05, 3.63) is 11.5 Å². The first-order valence-corrected chi connectivity index (χ1v) is 3.71. The second-order valence-corrected chi connectivity index (χ2v) is 2.93. The van der Waals surface area contributed by atoms with Crippen LogP contribution in [0, 0.1) is 11.8 Å². The Labute approximate surface area is 58.8 Å². The second-order valence-electron chi connectivity index (χ2n) is 2.93. The van der Waals surface area contributed by atoms with Crippen molar-refractivity contribution < 1.29 is 0 Å². The second kappa shape index (κ2) is 2.59. The fraction of sp³-hybridized carbons (Fsp3) is 0.750. The van der Waals surface area contributed by atoms with Crippen LogP contribution in [-0.4, -0.2) is 7.85 Å². The molecular formula is C8H13B. The molecule has 1 rings (SSSR count). The Morgan fingerprint density at radius 3 is 2.67 bits per heavy atom. The third kappa shape index (κ3) is 1.20. The van der Waals surface area contributed by atoms with E-state index in [1.807, 2.05) is 0 Å². The predicted molar refractivity (Wildman–Crippen MR) is 41.4 cm³/mol. The summed E-state index contributed by atoms with van der Waals surface area (Å²) in [6.45, 7) is 4.47. The van der Waals surface area contributed by atoms with E-state index in [1.54, 1.807) is 0 Å². The highest BCUT2D eigenvalue weighted by molar-refractivity contribution is 6.22. The van der Waals surface area contributed by atoms with Gasteiger partial charge in [0.25, 0.3) is 0 Å². The molecule has 2 atom stereocenters. The van der Waals surface area contributed by atoms with Crippen LogP contribution in [0.5, 0.6) is 0 Å². The first-order valence-electron chi connectivity index (χ1n) is 3.71. The molecule has 0 spiro atoms. The van der Waals surface area contributed by atoms with Gasteiger partial charge in [-0.15, -0.1) is 5.47 Å². The Kier molecular flexibility index (Phi) is 1.99. The van der Waals surface area contributed by atoms with Gasteiger partial charge in [0.1, 0.15) is 7.85 Å². The van der Waals surface area contributed by atoms with Gasteiger partial charge in [0.15, 0.2) is 0 Å². The number of rotatable bonds is 1.